The van der Waals surface area contributed by atoms with Crippen molar-refractivity contribution in [3.63, 3.8) is 0 Å². The van der Waals surface area contributed by atoms with Gasteiger partial charge in [0.1, 0.15) is 18.3 Å². The predicted molar refractivity (Wildman–Crippen MR) is 164 cm³/mol. The molecule has 10 heteroatoms. The zero-order valence-corrected chi connectivity index (χ0v) is 26.8. The molecule has 2 fully saturated rings. The lowest BCUT2D eigenvalue weighted by atomic mass is 9.98. The third kappa shape index (κ3) is 10.4. The number of anilines is 1. The highest BCUT2D eigenvalue weighted by Gasteiger charge is 2.58. The van der Waals surface area contributed by atoms with E-state index in [9.17, 15) is 9.59 Å². The number of fused-ring (bicyclic) bond motifs is 1. The van der Waals surface area contributed by atoms with Gasteiger partial charge in [-0.2, -0.15) is 0 Å². The van der Waals surface area contributed by atoms with Gasteiger partial charge in [-0.1, -0.05) is 76.3 Å². The predicted octanol–water partition coefficient (Wildman–Crippen LogP) is 7.31. The average molecular weight is 611 g/mol. The summed E-state index contributed by atoms with van der Waals surface area (Å²) in [5.41, 5.74) is 0.605. The molecule has 2 heterocycles. The molecule has 2 amide bonds. The van der Waals surface area contributed by atoms with Gasteiger partial charge < -0.3 is 33.9 Å². The number of hydrogen-bond donors (Lipinski definition) is 1. The molecule has 9 nitrogen and oxygen atoms in total. The molecule has 42 heavy (non-hydrogen) atoms. The van der Waals surface area contributed by atoms with Gasteiger partial charge in [0.15, 0.2) is 12.1 Å². The lowest BCUT2D eigenvalue weighted by Crippen LogP contribution is -2.54. The van der Waals surface area contributed by atoms with Crippen molar-refractivity contribution in [3.8, 4) is 0 Å². The zero-order valence-electron chi connectivity index (χ0n) is 26.1. The Morgan fingerprint density at radius 3 is 2.19 bits per heavy atom. The smallest absolute Gasteiger partial charge is 0.322 e. The molecule has 2 aliphatic heterocycles. The molecular weight excluding hydrogens is 560 g/mol. The second-order valence-corrected chi connectivity index (χ2v) is 12.1. The van der Waals surface area contributed by atoms with Crippen LogP contribution < -0.4 is 5.32 Å². The van der Waals surface area contributed by atoms with Crippen LogP contribution in [0.2, 0.25) is 5.02 Å². The first-order valence-electron chi connectivity index (χ1n) is 15.7. The van der Waals surface area contributed by atoms with Crippen LogP contribution in [0.4, 0.5) is 10.5 Å². The van der Waals surface area contributed by atoms with Gasteiger partial charge in [-0.05, 0) is 51.5 Å². The summed E-state index contributed by atoms with van der Waals surface area (Å²) < 4.78 is 29.6. The minimum atomic E-state index is -0.824. The topological polar surface area (TPSA) is 95.6 Å². The molecule has 0 bridgehead atoms. The molecule has 1 N–H and O–H groups in total. The van der Waals surface area contributed by atoms with E-state index in [-0.39, 0.29) is 19.1 Å². The molecule has 2 saturated heterocycles. The van der Waals surface area contributed by atoms with Crippen LogP contribution in [0.3, 0.4) is 0 Å². The largest absolute Gasteiger partial charge is 0.466 e. The number of carbonyl (C=O) groups excluding carboxylic acids is 2. The van der Waals surface area contributed by atoms with Crippen molar-refractivity contribution < 1.29 is 33.3 Å². The number of nitrogens with zero attached hydrogens (tertiary/aromatic N) is 1. The standard InChI is InChI=1S/C32H51ClN2O7/c1-6-8-9-10-11-12-13-14-15-16-21-35(31(37)34-24-19-17-23(33)18-20-24)25(22-26(36)39-7-2)27-28(38-5)29-30(40-27)42-32(3,4)41-29/h17-20,25,27-30H,6-16,21-22H2,1-5H3,(H,34,37)/t25?,27-,28-,29+,30+/m0/s1. The Morgan fingerprint density at radius 2 is 1.60 bits per heavy atom. The van der Waals surface area contributed by atoms with Crippen molar-refractivity contribution in [1.82, 2.24) is 4.90 Å². The lowest BCUT2D eigenvalue weighted by Gasteiger charge is -2.37. The van der Waals surface area contributed by atoms with E-state index in [1.54, 1.807) is 43.2 Å². The van der Waals surface area contributed by atoms with Gasteiger partial charge in [0.05, 0.1) is 19.1 Å². The number of nitrogens with one attached hydrogen (secondary N) is 1. The minimum Gasteiger partial charge on any atom is -0.466 e. The third-order valence-corrected chi connectivity index (χ3v) is 8.12. The van der Waals surface area contributed by atoms with Gasteiger partial charge in [-0.3, -0.25) is 4.79 Å². The number of carbonyl (C=O) groups is 2. The molecule has 1 unspecified atom stereocenters. The fourth-order valence-electron chi connectivity index (χ4n) is 5.79. The summed E-state index contributed by atoms with van der Waals surface area (Å²) in [4.78, 5) is 28.4. The molecule has 238 valence electrons. The van der Waals surface area contributed by atoms with Crippen LogP contribution in [0.5, 0.6) is 0 Å². The highest BCUT2D eigenvalue weighted by atomic mass is 35.5. The van der Waals surface area contributed by atoms with Crippen molar-refractivity contribution in [2.24, 2.45) is 0 Å². The highest BCUT2D eigenvalue weighted by Crippen LogP contribution is 2.41. The van der Waals surface area contributed by atoms with E-state index < -0.39 is 42.4 Å². The summed E-state index contributed by atoms with van der Waals surface area (Å²) in [5.74, 6) is -1.23. The monoisotopic (exact) mass is 610 g/mol. The second kappa shape index (κ2) is 17.4. The average Bonchev–Trinajstić information content (AvgIpc) is 3.43. The Hall–Kier alpha value is -1.91. The van der Waals surface area contributed by atoms with Crippen LogP contribution in [-0.2, 0) is 28.5 Å². The molecule has 0 radical (unpaired) electrons. The number of amides is 2. The molecule has 5 atom stereocenters. The van der Waals surface area contributed by atoms with Crippen molar-refractivity contribution in [1.29, 1.82) is 0 Å². The van der Waals surface area contributed by atoms with Crippen molar-refractivity contribution in [2.45, 2.75) is 135 Å². The van der Waals surface area contributed by atoms with E-state index in [4.69, 9.17) is 35.3 Å². The van der Waals surface area contributed by atoms with E-state index in [1.165, 1.54) is 44.9 Å². The number of rotatable bonds is 18. The summed E-state index contributed by atoms with van der Waals surface area (Å²) in [7, 11) is 1.58. The summed E-state index contributed by atoms with van der Waals surface area (Å²) in [6.07, 6.45) is 9.35. The van der Waals surface area contributed by atoms with Crippen LogP contribution in [0.25, 0.3) is 0 Å². The van der Waals surface area contributed by atoms with Gasteiger partial charge >= 0.3 is 12.0 Å². The highest BCUT2D eigenvalue weighted by molar-refractivity contribution is 6.30. The molecule has 3 rings (SSSR count). The molecule has 0 aliphatic carbocycles. The number of ether oxygens (including phenoxy) is 5. The van der Waals surface area contributed by atoms with E-state index in [2.05, 4.69) is 12.2 Å². The number of benzene rings is 1. The molecule has 0 aromatic heterocycles. The Balaban J connectivity index is 1.74. The molecule has 0 spiro atoms. The molecule has 1 aromatic rings. The number of unbranched alkanes of at least 4 members (excludes halogenated alkanes) is 9. The number of esters is 1. The maximum atomic E-state index is 13.8. The van der Waals surface area contributed by atoms with Gasteiger partial charge in [-0.25, -0.2) is 4.79 Å². The van der Waals surface area contributed by atoms with E-state index >= 15 is 0 Å². The van der Waals surface area contributed by atoms with E-state index in [0.717, 1.165) is 19.3 Å². The van der Waals surface area contributed by atoms with Crippen LogP contribution in [-0.4, -0.2) is 73.6 Å². The summed E-state index contributed by atoms with van der Waals surface area (Å²) in [6, 6.07) is 5.94. The first kappa shape index (κ1) is 34.6. The Morgan fingerprint density at radius 1 is 0.976 bits per heavy atom. The molecule has 2 aliphatic rings. The Bertz CT molecular complexity index is 961. The Labute approximate surface area is 256 Å². The summed E-state index contributed by atoms with van der Waals surface area (Å²) in [5, 5.41) is 3.55. The summed E-state index contributed by atoms with van der Waals surface area (Å²) in [6.45, 7) is 8.33. The van der Waals surface area contributed by atoms with Crippen LogP contribution in [0.1, 0.15) is 98.3 Å². The van der Waals surface area contributed by atoms with E-state index in [1.807, 2.05) is 13.8 Å². The van der Waals surface area contributed by atoms with Crippen LogP contribution >= 0.6 is 11.6 Å². The van der Waals surface area contributed by atoms with Gasteiger partial charge in [0, 0.05) is 24.4 Å². The maximum absolute atomic E-state index is 13.8. The fraction of sp³-hybridized carbons (Fsp3) is 0.750. The summed E-state index contributed by atoms with van der Waals surface area (Å²) >= 11 is 6.06. The second-order valence-electron chi connectivity index (χ2n) is 11.7. The first-order valence-corrected chi connectivity index (χ1v) is 16.1. The van der Waals surface area contributed by atoms with Crippen molar-refractivity contribution in [3.05, 3.63) is 29.3 Å². The molecule has 0 saturated carbocycles. The van der Waals surface area contributed by atoms with Crippen molar-refractivity contribution in [2.75, 3.05) is 25.6 Å². The van der Waals surface area contributed by atoms with Gasteiger partial charge in [0.25, 0.3) is 0 Å². The van der Waals surface area contributed by atoms with Gasteiger partial charge in [0.2, 0.25) is 0 Å². The maximum Gasteiger partial charge on any atom is 0.322 e. The fourth-order valence-corrected chi connectivity index (χ4v) is 5.92. The normalized spacial score (nSPS) is 23.4. The van der Waals surface area contributed by atoms with Crippen molar-refractivity contribution >= 4 is 29.3 Å². The minimum absolute atomic E-state index is 0.0486. The third-order valence-electron chi connectivity index (χ3n) is 7.87. The quantitative estimate of drug-likeness (QED) is 0.137. The number of urea groups is 1. The first-order chi connectivity index (χ1) is 20.2. The zero-order chi connectivity index (χ0) is 30.5. The molecular formula is C32H51ClN2O7. The number of methoxy groups -OCH3 is 1. The van der Waals surface area contributed by atoms with Crippen LogP contribution in [0.15, 0.2) is 24.3 Å². The van der Waals surface area contributed by atoms with Crippen LogP contribution in [0, 0.1) is 0 Å². The molecule has 1 aromatic carbocycles. The SMILES string of the molecule is CCCCCCCCCCCCN(C(=O)Nc1ccc(Cl)cc1)C(CC(=O)OCC)[C@@H]1O[C@@H]2OC(C)(C)O[C@@H]2[C@H]1OC. The lowest BCUT2D eigenvalue weighted by molar-refractivity contribution is -0.223. The number of halogens is 1. The van der Waals surface area contributed by atoms with Gasteiger partial charge in [-0.15, -0.1) is 0 Å². The van der Waals surface area contributed by atoms with E-state index in [0.29, 0.717) is 17.3 Å². The Kier molecular flexibility index (Phi) is 14.3. The number of hydrogen-bond acceptors (Lipinski definition) is 7.